The third kappa shape index (κ3) is 3.96. The number of aromatic nitrogens is 2. The Morgan fingerprint density at radius 3 is 1.83 bits per heavy atom. The average molecular weight is 498 g/mol. The summed E-state index contributed by atoms with van der Waals surface area (Å²) in [6.07, 6.45) is 3.60. The second-order valence-electron chi connectivity index (χ2n) is 5.54. The summed E-state index contributed by atoms with van der Waals surface area (Å²) in [5.74, 6) is 0. The molecule has 0 atom stereocenters. The number of nitrogens with zero attached hydrogens (tertiary/aromatic N) is 3. The molecule has 4 heteroatoms. The van der Waals surface area contributed by atoms with Crippen molar-refractivity contribution in [3.8, 4) is 3.58 Å². The Kier molecular flexibility index (Phi) is 5.50. The average Bonchev–Trinajstić information content (AvgIpc) is 2.64. The van der Waals surface area contributed by atoms with Crippen molar-refractivity contribution < 1.29 is 24.6 Å². The number of hydrogen-bond acceptors (Lipinski definition) is 3. The molecule has 0 aliphatic rings. The molecule has 0 aliphatic carbocycles. The summed E-state index contributed by atoms with van der Waals surface area (Å²) in [7, 11) is 0. The molecule has 0 amide bonds. The largest absolute Gasteiger partial charge is 0.254 e. The van der Waals surface area contributed by atoms with Gasteiger partial charge < -0.3 is 0 Å². The van der Waals surface area contributed by atoms with Gasteiger partial charge in [-0.05, 0) is 12.1 Å². The maximum absolute atomic E-state index is 8.44. The van der Waals surface area contributed by atoms with Crippen molar-refractivity contribution in [2.75, 3.05) is 0 Å². The number of pyridine rings is 2. The number of rotatable bonds is 1. The van der Waals surface area contributed by atoms with Crippen molar-refractivity contribution in [3.63, 3.8) is 0 Å². The van der Waals surface area contributed by atoms with Crippen molar-refractivity contribution in [2.24, 2.45) is 0 Å². The van der Waals surface area contributed by atoms with E-state index in [0.29, 0.717) is 0 Å². The first-order valence-corrected chi connectivity index (χ1v) is 13.3. The smallest absolute Gasteiger partial charge is 0.0964 e. The Hall–Kier alpha value is -2.31. The van der Waals surface area contributed by atoms with Crippen LogP contribution in [-0.4, -0.2) is 9.97 Å². The first-order chi connectivity index (χ1) is 11.8. The van der Waals surface area contributed by atoms with Crippen molar-refractivity contribution in [1.82, 2.24) is 9.97 Å². The maximum atomic E-state index is 8.44. The molecule has 2 aromatic carbocycles. The van der Waals surface area contributed by atoms with E-state index < -0.39 is 24.6 Å². The molecule has 2 heterocycles. The molecule has 112 valence electrons. The van der Waals surface area contributed by atoms with Gasteiger partial charge in [0.25, 0.3) is 0 Å². The van der Waals surface area contributed by atoms with E-state index in [2.05, 4.69) is 69.0 Å². The SMILES string of the molecule is Cc1cc[c]([Hg][C]#N)cc1.c1cnc2c(c1)ccc1cccnc12. The number of hydrogen-bond donors (Lipinski definition) is 0. The molecular weight excluding hydrogens is 483 g/mol. The molecule has 24 heavy (non-hydrogen) atoms. The van der Waals surface area contributed by atoms with Gasteiger partial charge >= 0.3 is 73.2 Å². The summed E-state index contributed by atoms with van der Waals surface area (Å²) >= 11 is -1.29. The maximum Gasteiger partial charge on any atom is 0.0964 e. The second-order valence-corrected chi connectivity index (χ2v) is 11.3. The first-order valence-electron chi connectivity index (χ1n) is 7.79. The van der Waals surface area contributed by atoms with Gasteiger partial charge in [0.05, 0.1) is 11.0 Å². The third-order valence-corrected chi connectivity index (χ3v) is 7.78. The van der Waals surface area contributed by atoms with Crippen molar-refractivity contribution in [1.29, 1.82) is 5.26 Å². The van der Waals surface area contributed by atoms with E-state index in [-0.39, 0.29) is 0 Å². The Labute approximate surface area is 153 Å². The van der Waals surface area contributed by atoms with Gasteiger partial charge in [0, 0.05) is 23.2 Å². The summed E-state index contributed by atoms with van der Waals surface area (Å²) in [5, 5.41) is 10.7. The zero-order chi connectivity index (χ0) is 16.8. The molecule has 0 aliphatic heterocycles. The molecule has 0 radical (unpaired) electrons. The number of fused-ring (bicyclic) bond motifs is 3. The predicted octanol–water partition coefficient (Wildman–Crippen LogP) is 3.97. The molecule has 3 nitrogen and oxygen atoms in total. The molecule has 0 fully saturated rings. The Morgan fingerprint density at radius 1 is 0.792 bits per heavy atom. The van der Waals surface area contributed by atoms with Crippen LogP contribution in [-0.2, 0) is 24.6 Å². The van der Waals surface area contributed by atoms with Gasteiger partial charge in [-0.1, -0.05) is 24.3 Å². The van der Waals surface area contributed by atoms with Crippen LogP contribution in [0.3, 0.4) is 0 Å². The van der Waals surface area contributed by atoms with Gasteiger partial charge in [0.1, 0.15) is 0 Å². The second kappa shape index (κ2) is 7.98. The van der Waals surface area contributed by atoms with Crippen LogP contribution >= 0.6 is 0 Å². The molecule has 0 saturated heterocycles. The fraction of sp³-hybridized carbons (Fsp3) is 0.0500. The van der Waals surface area contributed by atoms with E-state index in [9.17, 15) is 0 Å². The van der Waals surface area contributed by atoms with Crippen molar-refractivity contribution in [3.05, 3.63) is 78.6 Å². The first kappa shape index (κ1) is 16.5. The van der Waals surface area contributed by atoms with Crippen LogP contribution in [0.25, 0.3) is 21.8 Å². The minimum absolute atomic E-state index is 0.977. The number of nitriles is 1. The monoisotopic (exact) mass is 499 g/mol. The fourth-order valence-corrected chi connectivity index (χ4v) is 5.02. The molecule has 2 aromatic heterocycles. The molecule has 4 rings (SSSR count). The van der Waals surface area contributed by atoms with Crippen LogP contribution in [0.4, 0.5) is 0 Å². The fourth-order valence-electron chi connectivity index (χ4n) is 2.48. The van der Waals surface area contributed by atoms with Gasteiger partial charge in [-0.2, -0.15) is 0 Å². The Balaban J connectivity index is 0.000000150. The van der Waals surface area contributed by atoms with Crippen LogP contribution in [0, 0.1) is 15.8 Å². The summed E-state index contributed by atoms with van der Waals surface area (Å²) < 4.78 is 3.64. The topological polar surface area (TPSA) is 49.6 Å². The summed E-state index contributed by atoms with van der Waals surface area (Å²) in [5.41, 5.74) is 3.23. The molecule has 0 bridgehead atoms. The Bertz CT molecular complexity index is 950. The van der Waals surface area contributed by atoms with Crippen LogP contribution in [0.5, 0.6) is 0 Å². The zero-order valence-corrected chi connectivity index (χ0v) is 19.0. The van der Waals surface area contributed by atoms with E-state index in [1.807, 2.05) is 12.1 Å². The standard InChI is InChI=1S/C12H8N2.C7H7.CN.Hg/c1-3-9-5-6-10-4-2-8-14-12(10)11(9)13-7-1;1-7-5-3-2-4-6-7;1-2;/h1-8H;3-6H,1H3;;. The molecular formula is C20H15HgN3. The molecule has 4 aromatic rings. The van der Waals surface area contributed by atoms with Gasteiger partial charge in [0.2, 0.25) is 0 Å². The van der Waals surface area contributed by atoms with Crippen LogP contribution in [0.2, 0.25) is 0 Å². The van der Waals surface area contributed by atoms with Gasteiger partial charge in [-0.25, -0.2) is 0 Å². The van der Waals surface area contributed by atoms with Gasteiger partial charge in [-0.15, -0.1) is 0 Å². The van der Waals surface area contributed by atoms with E-state index in [4.69, 9.17) is 5.26 Å². The summed E-state index contributed by atoms with van der Waals surface area (Å²) in [4.78, 5) is 8.69. The third-order valence-electron chi connectivity index (χ3n) is 3.75. The normalized spacial score (nSPS) is 9.67. The quantitative estimate of drug-likeness (QED) is 0.295. The van der Waals surface area contributed by atoms with Crippen molar-refractivity contribution in [2.45, 2.75) is 6.92 Å². The minimum atomic E-state index is -1.29. The minimum Gasteiger partial charge on any atom is -0.254 e. The van der Waals surface area contributed by atoms with Crippen LogP contribution in [0.1, 0.15) is 5.56 Å². The van der Waals surface area contributed by atoms with E-state index in [1.54, 1.807) is 12.4 Å². The molecule has 0 unspecified atom stereocenters. The van der Waals surface area contributed by atoms with E-state index in [1.165, 1.54) is 8.64 Å². The molecule has 0 saturated carbocycles. The number of benzene rings is 2. The van der Waals surface area contributed by atoms with Gasteiger partial charge in [-0.3, -0.25) is 9.97 Å². The van der Waals surface area contributed by atoms with E-state index in [0.717, 1.165) is 21.8 Å². The predicted molar refractivity (Wildman–Crippen MR) is 93.5 cm³/mol. The van der Waals surface area contributed by atoms with Gasteiger partial charge in [0.15, 0.2) is 0 Å². The van der Waals surface area contributed by atoms with Crippen LogP contribution in [0.15, 0.2) is 73.1 Å². The Morgan fingerprint density at radius 2 is 1.33 bits per heavy atom. The molecule has 0 N–H and O–H groups in total. The zero-order valence-electron chi connectivity index (χ0n) is 13.5. The summed E-state index contributed by atoms with van der Waals surface area (Å²) in [6, 6.07) is 20.5. The summed E-state index contributed by atoms with van der Waals surface area (Å²) in [6.45, 7) is 2.06. The number of aryl methyl sites for hydroxylation is 1. The van der Waals surface area contributed by atoms with E-state index >= 15 is 0 Å². The molecule has 0 spiro atoms. The van der Waals surface area contributed by atoms with Crippen molar-refractivity contribution >= 4 is 24.9 Å². The van der Waals surface area contributed by atoms with Crippen LogP contribution < -0.4 is 3.07 Å².